The van der Waals surface area contributed by atoms with Crippen LogP contribution < -0.4 is 26.2 Å². The molecule has 23 heavy (non-hydrogen) atoms. The van der Waals surface area contributed by atoms with Crippen molar-refractivity contribution in [3.8, 4) is 34.1 Å². The molecule has 1 aliphatic rings. The Morgan fingerprint density at radius 1 is 0.609 bits per heavy atom. The first kappa shape index (κ1) is 16.9. The van der Waals surface area contributed by atoms with E-state index in [0.29, 0.717) is 23.0 Å². The zero-order chi connectivity index (χ0) is 16.8. The van der Waals surface area contributed by atoms with Gasteiger partial charge in [-0.25, -0.2) is 0 Å². The molecule has 2 aromatic rings. The fourth-order valence-corrected chi connectivity index (χ4v) is 10.8. The SMILES string of the molecule is COc1cc2c(cc1OC)[Te](Cl)(Cl)c1cc(OC)c(OC)cc1-2. The van der Waals surface area contributed by atoms with Gasteiger partial charge in [0.2, 0.25) is 0 Å². The van der Waals surface area contributed by atoms with E-state index in [1.165, 1.54) is 0 Å². The van der Waals surface area contributed by atoms with Gasteiger partial charge in [-0.2, -0.15) is 0 Å². The Labute approximate surface area is 146 Å². The zero-order valence-corrected chi connectivity index (χ0v) is 16.9. The van der Waals surface area contributed by atoms with E-state index in [-0.39, 0.29) is 0 Å². The number of methoxy groups -OCH3 is 4. The van der Waals surface area contributed by atoms with Crippen LogP contribution in [0.15, 0.2) is 24.3 Å². The van der Waals surface area contributed by atoms with E-state index in [1.807, 2.05) is 24.3 Å². The second-order valence-corrected chi connectivity index (χ2v) is 17.3. The van der Waals surface area contributed by atoms with Crippen LogP contribution >= 0.6 is 17.9 Å². The first-order chi connectivity index (χ1) is 11.0. The average Bonchev–Trinajstić information content (AvgIpc) is 2.79. The Bertz CT molecular complexity index is 714. The predicted molar refractivity (Wildman–Crippen MR) is 94.8 cm³/mol. The Morgan fingerprint density at radius 3 is 1.22 bits per heavy atom. The normalized spacial score (nSPS) is 15.4. The van der Waals surface area contributed by atoms with Crippen molar-refractivity contribution in [3.63, 3.8) is 0 Å². The van der Waals surface area contributed by atoms with E-state index >= 15 is 0 Å². The molecule has 124 valence electrons. The summed E-state index contributed by atoms with van der Waals surface area (Å²) < 4.78 is 23.4. The molecule has 0 saturated carbocycles. The molecule has 0 atom stereocenters. The van der Waals surface area contributed by atoms with Crippen molar-refractivity contribution in [2.45, 2.75) is 0 Å². The van der Waals surface area contributed by atoms with Crippen LogP contribution in [0.25, 0.3) is 11.1 Å². The molecule has 0 spiro atoms. The third-order valence-electron chi connectivity index (χ3n) is 3.81. The number of halogens is 2. The van der Waals surface area contributed by atoms with Gasteiger partial charge in [0.1, 0.15) is 0 Å². The summed E-state index contributed by atoms with van der Waals surface area (Å²) in [6.07, 6.45) is 0. The summed E-state index contributed by atoms with van der Waals surface area (Å²) in [4.78, 5) is 0. The van der Waals surface area contributed by atoms with Gasteiger partial charge in [-0.05, 0) is 0 Å². The van der Waals surface area contributed by atoms with Crippen molar-refractivity contribution < 1.29 is 18.9 Å². The van der Waals surface area contributed by atoms with Gasteiger partial charge in [0.25, 0.3) is 0 Å². The van der Waals surface area contributed by atoms with Crippen LogP contribution in [0, 0.1) is 0 Å². The van der Waals surface area contributed by atoms with Crippen molar-refractivity contribution in [1.29, 1.82) is 0 Å². The molecule has 0 amide bonds. The Hall–Kier alpha value is -0.990. The van der Waals surface area contributed by atoms with Gasteiger partial charge in [0, 0.05) is 0 Å². The number of rotatable bonds is 4. The molecule has 2 aromatic carbocycles. The molecule has 1 heterocycles. The van der Waals surface area contributed by atoms with E-state index in [0.717, 1.165) is 18.3 Å². The minimum absolute atomic E-state index is 0.620. The fourth-order valence-electron chi connectivity index (χ4n) is 2.68. The molecule has 7 heteroatoms. The monoisotopic (exact) mass is 472 g/mol. The number of hydrogen-bond donors (Lipinski definition) is 0. The molecule has 4 nitrogen and oxygen atoms in total. The fraction of sp³-hybridized carbons (Fsp3) is 0.250. The number of benzene rings is 2. The van der Waals surface area contributed by atoms with Crippen molar-refractivity contribution in [1.82, 2.24) is 0 Å². The van der Waals surface area contributed by atoms with Crippen LogP contribution in [0.1, 0.15) is 0 Å². The molecule has 0 N–H and O–H groups in total. The summed E-state index contributed by atoms with van der Waals surface area (Å²) in [7, 11) is 20.1. The number of ether oxygens (including phenoxy) is 4. The van der Waals surface area contributed by atoms with Crippen LogP contribution in [0.2, 0.25) is 0 Å². The average molecular weight is 471 g/mol. The molecule has 0 radical (unpaired) electrons. The van der Waals surface area contributed by atoms with E-state index in [4.69, 9.17) is 36.9 Å². The van der Waals surface area contributed by atoms with Gasteiger partial charge >= 0.3 is 147 Å². The summed E-state index contributed by atoms with van der Waals surface area (Å²) >= 11 is -3.49. The van der Waals surface area contributed by atoms with Crippen LogP contribution in [0.4, 0.5) is 0 Å². The number of hydrogen-bond acceptors (Lipinski definition) is 4. The maximum absolute atomic E-state index is 6.84. The van der Waals surface area contributed by atoms with E-state index in [9.17, 15) is 0 Å². The molecule has 1 aliphatic heterocycles. The Kier molecular flexibility index (Phi) is 4.50. The Balaban J connectivity index is 2.31. The standard InChI is InChI=1S/C16H16Cl2O4Te/c1-19-11-5-9-10-6-12(20-2)14(22-4)8-16(10)23(17,18)15(9)7-13(11)21-3/h5-8H,1-4H3. The molecular weight excluding hydrogens is 455 g/mol. The maximum atomic E-state index is 6.84. The van der Waals surface area contributed by atoms with Gasteiger partial charge in [0.05, 0.1) is 0 Å². The van der Waals surface area contributed by atoms with Crippen molar-refractivity contribution in [3.05, 3.63) is 24.3 Å². The van der Waals surface area contributed by atoms with E-state index in [2.05, 4.69) is 0 Å². The van der Waals surface area contributed by atoms with Crippen LogP contribution in [-0.2, 0) is 0 Å². The van der Waals surface area contributed by atoms with Crippen LogP contribution in [-0.4, -0.2) is 44.4 Å². The summed E-state index contributed by atoms with van der Waals surface area (Å²) in [5.41, 5.74) is 1.93. The van der Waals surface area contributed by atoms with E-state index in [1.54, 1.807) is 28.4 Å². The summed E-state index contributed by atoms with van der Waals surface area (Å²) in [5.74, 6) is 2.52. The van der Waals surface area contributed by atoms with Crippen molar-refractivity contribution in [2.24, 2.45) is 0 Å². The quantitative estimate of drug-likeness (QED) is 0.644. The van der Waals surface area contributed by atoms with Gasteiger partial charge < -0.3 is 0 Å². The van der Waals surface area contributed by atoms with Crippen molar-refractivity contribution in [2.75, 3.05) is 28.4 Å². The third-order valence-corrected chi connectivity index (χ3v) is 13.4. The van der Waals surface area contributed by atoms with Gasteiger partial charge in [-0.1, -0.05) is 0 Å². The summed E-state index contributed by atoms with van der Waals surface area (Å²) in [6, 6.07) is 7.59. The first-order valence-corrected chi connectivity index (χ1v) is 15.0. The summed E-state index contributed by atoms with van der Waals surface area (Å²) in [5, 5.41) is 0. The minimum atomic E-state index is -3.49. The third kappa shape index (κ3) is 2.51. The summed E-state index contributed by atoms with van der Waals surface area (Å²) in [6.45, 7) is 0. The molecule has 0 aliphatic carbocycles. The van der Waals surface area contributed by atoms with E-state index < -0.39 is 15.9 Å². The first-order valence-electron chi connectivity index (χ1n) is 6.73. The predicted octanol–water partition coefficient (Wildman–Crippen LogP) is 2.74. The molecule has 0 aromatic heterocycles. The number of fused-ring (bicyclic) bond motifs is 3. The zero-order valence-electron chi connectivity index (χ0n) is 13.1. The molecule has 3 rings (SSSR count). The topological polar surface area (TPSA) is 36.9 Å². The molecule has 0 fully saturated rings. The molecule has 0 bridgehead atoms. The van der Waals surface area contributed by atoms with Gasteiger partial charge in [-0.15, -0.1) is 0 Å². The van der Waals surface area contributed by atoms with Crippen LogP contribution in [0.5, 0.6) is 23.0 Å². The molecule has 0 saturated heterocycles. The molecule has 0 unspecified atom stereocenters. The molecular formula is C16H16Cl2O4Te. The van der Waals surface area contributed by atoms with Gasteiger partial charge in [-0.3, -0.25) is 0 Å². The van der Waals surface area contributed by atoms with Crippen LogP contribution in [0.3, 0.4) is 0 Å². The second-order valence-electron chi connectivity index (χ2n) is 4.88. The Morgan fingerprint density at radius 2 is 0.913 bits per heavy atom. The van der Waals surface area contributed by atoms with Gasteiger partial charge in [0.15, 0.2) is 0 Å². The van der Waals surface area contributed by atoms with Crippen molar-refractivity contribution >= 4 is 41.1 Å². The second kappa shape index (κ2) is 6.14.